The highest BCUT2D eigenvalue weighted by Gasteiger charge is 2.05. The Morgan fingerprint density at radius 3 is 2.50 bits per heavy atom. The van der Waals surface area contributed by atoms with Crippen molar-refractivity contribution in [3.63, 3.8) is 0 Å². The van der Waals surface area contributed by atoms with Gasteiger partial charge in [-0.25, -0.2) is 0 Å². The lowest BCUT2D eigenvalue weighted by atomic mass is 10.0. The van der Waals surface area contributed by atoms with Crippen molar-refractivity contribution in [2.45, 2.75) is 13.5 Å². The van der Waals surface area contributed by atoms with Crippen molar-refractivity contribution in [3.05, 3.63) is 100 Å². The van der Waals surface area contributed by atoms with E-state index in [-0.39, 0.29) is 0 Å². The number of halogens is 1. The second-order valence-electron chi connectivity index (χ2n) is 6.00. The van der Waals surface area contributed by atoms with E-state index >= 15 is 0 Å². The maximum absolute atomic E-state index is 9.45. The number of aryl methyl sites for hydroxylation is 1. The van der Waals surface area contributed by atoms with E-state index in [4.69, 9.17) is 16.3 Å². The summed E-state index contributed by atoms with van der Waals surface area (Å²) >= 11 is 6.19. The van der Waals surface area contributed by atoms with Gasteiger partial charge in [-0.15, -0.1) is 0 Å². The molecule has 3 rings (SSSR count). The molecule has 0 aromatic heterocycles. The molecule has 0 aliphatic rings. The van der Waals surface area contributed by atoms with Crippen molar-refractivity contribution in [2.24, 2.45) is 0 Å². The van der Waals surface area contributed by atoms with Gasteiger partial charge in [0.05, 0.1) is 11.6 Å². The van der Waals surface area contributed by atoms with Crippen LogP contribution in [0.1, 0.15) is 22.3 Å². The van der Waals surface area contributed by atoms with Crippen LogP contribution in [0.5, 0.6) is 5.75 Å². The Bertz CT molecular complexity index is 968. The van der Waals surface area contributed by atoms with Crippen LogP contribution in [0.25, 0.3) is 11.6 Å². The molecule has 0 aliphatic heterocycles. The van der Waals surface area contributed by atoms with E-state index in [0.29, 0.717) is 17.2 Å². The predicted molar refractivity (Wildman–Crippen MR) is 107 cm³/mol. The summed E-state index contributed by atoms with van der Waals surface area (Å²) in [6.07, 6.45) is 1.82. The van der Waals surface area contributed by atoms with Gasteiger partial charge in [0, 0.05) is 10.6 Å². The van der Waals surface area contributed by atoms with Crippen LogP contribution < -0.4 is 4.74 Å². The maximum Gasteiger partial charge on any atom is 0.119 e. The molecule has 0 aliphatic carbocycles. The summed E-state index contributed by atoms with van der Waals surface area (Å²) in [6, 6.07) is 25.5. The topological polar surface area (TPSA) is 33.0 Å². The molecule has 0 spiro atoms. The summed E-state index contributed by atoms with van der Waals surface area (Å²) in [6.45, 7) is 2.59. The van der Waals surface area contributed by atoms with E-state index in [1.165, 1.54) is 5.56 Å². The number of nitrogens with zero attached hydrogens (tertiary/aromatic N) is 1. The highest BCUT2D eigenvalue weighted by Crippen LogP contribution is 2.25. The average Bonchev–Trinajstić information content (AvgIpc) is 2.66. The Labute approximate surface area is 158 Å². The molecule has 3 aromatic rings. The van der Waals surface area contributed by atoms with Gasteiger partial charge in [-0.2, -0.15) is 5.26 Å². The molecular weight excluding hydrogens is 342 g/mol. The van der Waals surface area contributed by atoms with Crippen LogP contribution in [0.4, 0.5) is 0 Å². The molecule has 0 heterocycles. The Morgan fingerprint density at radius 1 is 1.04 bits per heavy atom. The van der Waals surface area contributed by atoms with Crippen LogP contribution in [0.15, 0.2) is 72.8 Å². The Morgan fingerprint density at radius 2 is 1.81 bits per heavy atom. The van der Waals surface area contributed by atoms with Gasteiger partial charge in [0.15, 0.2) is 0 Å². The molecule has 0 atom stereocenters. The van der Waals surface area contributed by atoms with Crippen LogP contribution in [0.2, 0.25) is 5.02 Å². The summed E-state index contributed by atoms with van der Waals surface area (Å²) in [4.78, 5) is 0. The SMILES string of the molecule is Cc1cccc(COc2ccc(C=C(C#N)c3ccccc3Cl)cc2)c1. The van der Waals surface area contributed by atoms with Crippen LogP contribution in [-0.2, 0) is 6.61 Å². The minimum atomic E-state index is 0.528. The van der Waals surface area contributed by atoms with Crippen molar-refractivity contribution >= 4 is 23.3 Å². The first-order chi connectivity index (χ1) is 12.7. The van der Waals surface area contributed by atoms with Crippen molar-refractivity contribution in [3.8, 4) is 11.8 Å². The van der Waals surface area contributed by atoms with E-state index in [9.17, 15) is 5.26 Å². The highest BCUT2D eigenvalue weighted by atomic mass is 35.5. The number of ether oxygens (including phenoxy) is 1. The zero-order valence-electron chi connectivity index (χ0n) is 14.4. The summed E-state index contributed by atoms with van der Waals surface area (Å²) < 4.78 is 5.83. The Hall–Kier alpha value is -3.02. The van der Waals surface area contributed by atoms with Crippen molar-refractivity contribution in [2.75, 3.05) is 0 Å². The Kier molecular flexibility index (Phi) is 5.73. The van der Waals surface area contributed by atoms with Crippen LogP contribution in [0, 0.1) is 18.3 Å². The monoisotopic (exact) mass is 359 g/mol. The highest BCUT2D eigenvalue weighted by molar-refractivity contribution is 6.32. The average molecular weight is 360 g/mol. The number of rotatable bonds is 5. The second kappa shape index (κ2) is 8.38. The normalized spacial score (nSPS) is 11.0. The van der Waals surface area contributed by atoms with Gasteiger partial charge in [-0.1, -0.05) is 71.8 Å². The first-order valence-corrected chi connectivity index (χ1v) is 8.68. The molecule has 26 heavy (non-hydrogen) atoms. The van der Waals surface area contributed by atoms with Gasteiger partial charge >= 0.3 is 0 Å². The molecule has 2 nitrogen and oxygen atoms in total. The molecule has 0 saturated heterocycles. The molecule has 128 valence electrons. The molecule has 0 amide bonds. The summed E-state index contributed by atoms with van der Waals surface area (Å²) in [5.41, 5.74) is 4.54. The predicted octanol–water partition coefficient (Wildman–Crippen LogP) is 6.29. The lowest BCUT2D eigenvalue weighted by Crippen LogP contribution is -1.95. The quantitative estimate of drug-likeness (QED) is 0.396. The minimum absolute atomic E-state index is 0.528. The van der Waals surface area contributed by atoms with E-state index in [1.807, 2.05) is 60.7 Å². The van der Waals surface area contributed by atoms with Gasteiger partial charge in [-0.05, 0) is 42.3 Å². The van der Waals surface area contributed by atoms with Crippen LogP contribution >= 0.6 is 11.6 Å². The zero-order valence-corrected chi connectivity index (χ0v) is 15.2. The van der Waals surface area contributed by atoms with Gasteiger partial charge in [0.2, 0.25) is 0 Å². The van der Waals surface area contributed by atoms with Gasteiger partial charge in [-0.3, -0.25) is 0 Å². The van der Waals surface area contributed by atoms with E-state index < -0.39 is 0 Å². The summed E-state index contributed by atoms with van der Waals surface area (Å²) in [5.74, 6) is 0.792. The van der Waals surface area contributed by atoms with Gasteiger partial charge in [0.25, 0.3) is 0 Å². The van der Waals surface area contributed by atoms with E-state index in [2.05, 4.69) is 25.1 Å². The molecule has 0 fully saturated rings. The first kappa shape index (κ1) is 17.8. The third-order valence-corrected chi connectivity index (χ3v) is 4.29. The Balaban J connectivity index is 1.73. The fourth-order valence-corrected chi connectivity index (χ4v) is 2.88. The minimum Gasteiger partial charge on any atom is -0.489 e. The van der Waals surface area contributed by atoms with Crippen molar-refractivity contribution < 1.29 is 4.74 Å². The van der Waals surface area contributed by atoms with Crippen molar-refractivity contribution in [1.82, 2.24) is 0 Å². The molecule has 0 N–H and O–H groups in total. The number of allylic oxidation sites excluding steroid dienone is 1. The number of benzene rings is 3. The molecule has 3 aromatic carbocycles. The zero-order chi connectivity index (χ0) is 18.4. The molecule has 0 radical (unpaired) electrons. The van der Waals surface area contributed by atoms with Crippen LogP contribution in [0.3, 0.4) is 0 Å². The number of hydrogen-bond donors (Lipinski definition) is 0. The first-order valence-electron chi connectivity index (χ1n) is 8.31. The molecule has 3 heteroatoms. The third-order valence-electron chi connectivity index (χ3n) is 3.96. The van der Waals surface area contributed by atoms with Crippen molar-refractivity contribution in [1.29, 1.82) is 5.26 Å². The lowest BCUT2D eigenvalue weighted by molar-refractivity contribution is 0.306. The maximum atomic E-state index is 9.45. The summed E-state index contributed by atoms with van der Waals surface area (Å²) in [7, 11) is 0. The van der Waals surface area contributed by atoms with E-state index in [0.717, 1.165) is 22.4 Å². The molecular formula is C23H18ClNO. The van der Waals surface area contributed by atoms with Crippen LogP contribution in [-0.4, -0.2) is 0 Å². The molecule has 0 unspecified atom stereocenters. The molecule has 0 saturated carbocycles. The second-order valence-corrected chi connectivity index (χ2v) is 6.40. The molecule has 0 bridgehead atoms. The van der Waals surface area contributed by atoms with E-state index in [1.54, 1.807) is 6.07 Å². The largest absolute Gasteiger partial charge is 0.489 e. The van der Waals surface area contributed by atoms with Gasteiger partial charge in [0.1, 0.15) is 12.4 Å². The lowest BCUT2D eigenvalue weighted by Gasteiger charge is -2.07. The smallest absolute Gasteiger partial charge is 0.119 e. The number of hydrogen-bond acceptors (Lipinski definition) is 2. The summed E-state index contributed by atoms with van der Waals surface area (Å²) in [5, 5.41) is 10.0. The standard InChI is InChI=1S/C23H18ClNO/c1-17-5-4-6-19(13-17)16-26-21-11-9-18(10-12-21)14-20(15-25)22-7-2-3-8-23(22)24/h2-14H,16H2,1H3. The third kappa shape index (κ3) is 4.53. The fourth-order valence-electron chi connectivity index (χ4n) is 2.65. The number of nitriles is 1. The fraction of sp³-hybridized carbons (Fsp3) is 0.0870. The van der Waals surface area contributed by atoms with Gasteiger partial charge < -0.3 is 4.74 Å².